The Labute approximate surface area is 117 Å². The van der Waals surface area contributed by atoms with Crippen LogP contribution in [-0.2, 0) is 21.2 Å². The van der Waals surface area contributed by atoms with Crippen molar-refractivity contribution in [2.45, 2.75) is 18.7 Å². The second-order valence-corrected chi connectivity index (χ2v) is 7.50. The Hall–Kier alpha value is -1.36. The number of nitrogens with one attached hydrogen (secondary N) is 1. The van der Waals surface area contributed by atoms with Gasteiger partial charge in [0.25, 0.3) is 0 Å². The molecule has 1 amide bonds. The fourth-order valence-electron chi connectivity index (χ4n) is 1.19. The van der Waals surface area contributed by atoms with Crippen molar-refractivity contribution in [1.29, 1.82) is 0 Å². The molecule has 0 aliphatic rings. The summed E-state index contributed by atoms with van der Waals surface area (Å²) in [4.78, 5) is 13.4. The van der Waals surface area contributed by atoms with E-state index in [9.17, 15) is 13.2 Å². The van der Waals surface area contributed by atoms with Crippen LogP contribution in [0, 0.1) is 11.8 Å². The van der Waals surface area contributed by atoms with Gasteiger partial charge in [0.2, 0.25) is 5.91 Å². The molecule has 0 aliphatic heterocycles. The summed E-state index contributed by atoms with van der Waals surface area (Å²) in [6.07, 6.45) is 1.04. The lowest BCUT2D eigenvalue weighted by Gasteiger charge is -2.09. The number of amides is 1. The van der Waals surface area contributed by atoms with Crippen molar-refractivity contribution < 1.29 is 13.2 Å². The number of nitrogens with two attached hydrogens (primary N) is 1. The van der Waals surface area contributed by atoms with E-state index in [0.29, 0.717) is 13.1 Å². The van der Waals surface area contributed by atoms with E-state index in [0.717, 1.165) is 16.0 Å². The number of thiophene rings is 1. The highest BCUT2D eigenvalue weighted by Gasteiger charge is 2.23. The quantitative estimate of drug-likeness (QED) is 0.772. The molecular weight excluding hydrogens is 284 g/mol. The molecule has 1 aromatic rings. The first-order valence-corrected chi connectivity index (χ1v) is 8.36. The first kappa shape index (κ1) is 15.7. The summed E-state index contributed by atoms with van der Waals surface area (Å²) in [7, 11) is -3.36. The third-order valence-electron chi connectivity index (χ3n) is 2.42. The maximum Gasteiger partial charge on any atom is 0.238 e. The van der Waals surface area contributed by atoms with Crippen LogP contribution in [-0.4, -0.2) is 32.4 Å². The van der Waals surface area contributed by atoms with Gasteiger partial charge in [-0.15, -0.1) is 11.3 Å². The van der Waals surface area contributed by atoms with E-state index in [1.807, 2.05) is 12.1 Å². The van der Waals surface area contributed by atoms with Crippen LogP contribution in [0.5, 0.6) is 0 Å². The Morgan fingerprint density at radius 1 is 1.53 bits per heavy atom. The molecule has 1 atom stereocenters. The van der Waals surface area contributed by atoms with Gasteiger partial charge in [0, 0.05) is 11.1 Å². The standard InChI is InChI=1S/C12H16N2O3S2/c1-9(19(2,16)17)12(15)14-8-11-6-5-10(18-11)4-3-7-13/h5-6,9H,7-8,13H2,1-2H3,(H,14,15). The van der Waals surface area contributed by atoms with Gasteiger partial charge in [-0.25, -0.2) is 8.42 Å². The number of rotatable bonds is 4. The van der Waals surface area contributed by atoms with Gasteiger partial charge in [-0.3, -0.25) is 4.79 Å². The number of carbonyl (C=O) groups excluding carboxylic acids is 1. The van der Waals surface area contributed by atoms with E-state index in [-0.39, 0.29) is 0 Å². The lowest BCUT2D eigenvalue weighted by atomic mass is 10.4. The van der Waals surface area contributed by atoms with Crippen LogP contribution in [0.25, 0.3) is 0 Å². The second-order valence-electron chi connectivity index (χ2n) is 3.96. The second kappa shape index (κ2) is 6.70. The van der Waals surface area contributed by atoms with Crippen molar-refractivity contribution in [2.75, 3.05) is 12.8 Å². The van der Waals surface area contributed by atoms with E-state index in [1.165, 1.54) is 18.3 Å². The zero-order chi connectivity index (χ0) is 14.5. The highest BCUT2D eigenvalue weighted by atomic mass is 32.2. The van der Waals surface area contributed by atoms with Crippen LogP contribution < -0.4 is 11.1 Å². The summed E-state index contributed by atoms with van der Waals surface area (Å²) >= 11 is 1.44. The molecule has 3 N–H and O–H groups in total. The van der Waals surface area contributed by atoms with E-state index in [2.05, 4.69) is 17.2 Å². The number of carbonyl (C=O) groups is 1. The van der Waals surface area contributed by atoms with Crippen LogP contribution in [0.1, 0.15) is 16.7 Å². The van der Waals surface area contributed by atoms with Crippen LogP contribution in [0.15, 0.2) is 12.1 Å². The molecule has 0 fully saturated rings. The summed E-state index contributed by atoms with van der Waals surface area (Å²) in [5.41, 5.74) is 5.27. The van der Waals surface area contributed by atoms with Crippen LogP contribution in [0.3, 0.4) is 0 Å². The molecule has 0 aliphatic carbocycles. The van der Waals surface area contributed by atoms with Crippen molar-refractivity contribution >= 4 is 27.1 Å². The fourth-order valence-corrected chi connectivity index (χ4v) is 2.49. The van der Waals surface area contributed by atoms with Gasteiger partial charge in [0.1, 0.15) is 5.25 Å². The summed E-state index contributed by atoms with van der Waals surface area (Å²) in [6.45, 7) is 1.97. The molecular formula is C12H16N2O3S2. The van der Waals surface area contributed by atoms with E-state index >= 15 is 0 Å². The molecule has 1 heterocycles. The molecule has 19 heavy (non-hydrogen) atoms. The third kappa shape index (κ3) is 5.03. The third-order valence-corrected chi connectivity index (χ3v) is 4.92. The molecule has 1 unspecified atom stereocenters. The average molecular weight is 300 g/mol. The summed E-state index contributed by atoms with van der Waals surface area (Å²) in [5.74, 6) is 5.14. The lowest BCUT2D eigenvalue weighted by Crippen LogP contribution is -2.36. The van der Waals surface area contributed by atoms with Crippen molar-refractivity contribution in [1.82, 2.24) is 5.32 Å². The average Bonchev–Trinajstić information content (AvgIpc) is 2.79. The van der Waals surface area contributed by atoms with Crippen molar-refractivity contribution in [3.63, 3.8) is 0 Å². The minimum atomic E-state index is -3.36. The Kier molecular flexibility index (Phi) is 5.54. The molecule has 0 aromatic carbocycles. The van der Waals surface area contributed by atoms with Gasteiger partial charge < -0.3 is 11.1 Å². The molecule has 104 valence electrons. The molecule has 1 aromatic heterocycles. The van der Waals surface area contributed by atoms with Crippen molar-refractivity contribution in [3.8, 4) is 11.8 Å². The van der Waals surface area contributed by atoms with Gasteiger partial charge in [-0.2, -0.15) is 0 Å². The number of sulfone groups is 1. The summed E-state index contributed by atoms with van der Waals surface area (Å²) in [5, 5.41) is 1.56. The van der Waals surface area contributed by atoms with E-state index in [1.54, 1.807) is 0 Å². The summed E-state index contributed by atoms with van der Waals surface area (Å²) in [6, 6.07) is 3.69. The van der Waals surface area contributed by atoms with E-state index in [4.69, 9.17) is 5.73 Å². The van der Waals surface area contributed by atoms with Gasteiger partial charge in [0.15, 0.2) is 9.84 Å². The highest BCUT2D eigenvalue weighted by Crippen LogP contribution is 2.15. The van der Waals surface area contributed by atoms with Crippen molar-refractivity contribution in [3.05, 3.63) is 21.9 Å². The molecule has 1 rings (SSSR count). The monoisotopic (exact) mass is 300 g/mol. The van der Waals surface area contributed by atoms with Gasteiger partial charge >= 0.3 is 0 Å². The molecule has 0 saturated heterocycles. The normalized spacial score (nSPS) is 12.4. The Morgan fingerprint density at radius 2 is 2.21 bits per heavy atom. The van der Waals surface area contributed by atoms with Crippen molar-refractivity contribution in [2.24, 2.45) is 5.73 Å². The topological polar surface area (TPSA) is 89.3 Å². The van der Waals surface area contributed by atoms with Crippen LogP contribution in [0.2, 0.25) is 0 Å². The Morgan fingerprint density at radius 3 is 2.79 bits per heavy atom. The molecule has 7 heteroatoms. The first-order chi connectivity index (χ1) is 8.84. The van der Waals surface area contributed by atoms with E-state index < -0.39 is 21.0 Å². The van der Waals surface area contributed by atoms with Gasteiger partial charge in [0.05, 0.1) is 18.0 Å². The first-order valence-electron chi connectivity index (χ1n) is 5.59. The van der Waals surface area contributed by atoms with Crippen LogP contribution in [0.4, 0.5) is 0 Å². The summed E-state index contributed by atoms with van der Waals surface area (Å²) < 4.78 is 22.4. The maximum absolute atomic E-state index is 11.6. The Balaban J connectivity index is 2.58. The largest absolute Gasteiger partial charge is 0.350 e. The minimum Gasteiger partial charge on any atom is -0.350 e. The predicted octanol–water partition coefficient (Wildman–Crippen LogP) is 0.108. The zero-order valence-electron chi connectivity index (χ0n) is 10.8. The Bertz CT molecular complexity index is 608. The van der Waals surface area contributed by atoms with Gasteiger partial charge in [-0.1, -0.05) is 11.8 Å². The maximum atomic E-state index is 11.6. The molecule has 5 nitrogen and oxygen atoms in total. The smallest absolute Gasteiger partial charge is 0.238 e. The fraction of sp³-hybridized carbons (Fsp3) is 0.417. The molecule has 0 saturated carbocycles. The zero-order valence-corrected chi connectivity index (χ0v) is 12.4. The highest BCUT2D eigenvalue weighted by molar-refractivity contribution is 7.92. The van der Waals surface area contributed by atoms with Gasteiger partial charge in [-0.05, 0) is 19.1 Å². The molecule has 0 spiro atoms. The number of hydrogen-bond acceptors (Lipinski definition) is 5. The number of hydrogen-bond donors (Lipinski definition) is 2. The predicted molar refractivity (Wildman–Crippen MR) is 76.4 cm³/mol. The molecule has 0 bridgehead atoms. The SMILES string of the molecule is CC(C(=O)NCc1ccc(C#CCN)s1)S(C)(=O)=O. The lowest BCUT2D eigenvalue weighted by molar-refractivity contribution is -0.120. The van der Waals surface area contributed by atoms with Crippen LogP contribution >= 0.6 is 11.3 Å². The minimum absolute atomic E-state index is 0.299. The molecule has 0 radical (unpaired) electrons.